The lowest BCUT2D eigenvalue weighted by atomic mass is 10.3. The number of nitrogen functional groups attached to an aromatic ring is 1. The largest absolute Gasteiger partial charge is 0.411 e. The highest BCUT2D eigenvalue weighted by Gasteiger charge is 2.64. The monoisotopic (exact) mass is 301 g/mol. The summed E-state index contributed by atoms with van der Waals surface area (Å²) in [5.41, 5.74) is 0.183. The number of alkyl halides is 3. The molecule has 0 radical (unpaired) electrons. The van der Waals surface area contributed by atoms with E-state index in [4.69, 9.17) is 5.84 Å². The Morgan fingerprint density at radius 3 is 2.43 bits per heavy atom. The van der Waals surface area contributed by atoms with Gasteiger partial charge in [0.1, 0.15) is 18.2 Å². The molecular formula is C9H10F3N9. The van der Waals surface area contributed by atoms with E-state index in [0.29, 0.717) is 0 Å². The first kappa shape index (κ1) is 13.5. The van der Waals surface area contributed by atoms with Crippen LogP contribution >= 0.6 is 0 Å². The topological polar surface area (TPSA) is 119 Å². The maximum Gasteiger partial charge on any atom is 0.411 e. The van der Waals surface area contributed by atoms with E-state index in [9.17, 15) is 13.2 Å². The van der Waals surface area contributed by atoms with E-state index < -0.39 is 11.7 Å². The highest BCUT2D eigenvalue weighted by molar-refractivity contribution is 5.41. The molecule has 1 fully saturated rings. The van der Waals surface area contributed by atoms with Gasteiger partial charge in [-0.05, 0) is 12.8 Å². The van der Waals surface area contributed by atoms with Gasteiger partial charge in [0.15, 0.2) is 0 Å². The lowest BCUT2D eigenvalue weighted by Crippen LogP contribution is -2.39. The molecule has 1 aliphatic rings. The second-order valence-corrected chi connectivity index (χ2v) is 4.47. The SMILES string of the molecule is NNc1nc(NC2(C(F)(F)F)CC2)nc(-n2cncn2)n1. The fourth-order valence-electron chi connectivity index (χ4n) is 1.72. The Morgan fingerprint density at radius 2 is 1.90 bits per heavy atom. The van der Waals surface area contributed by atoms with Crippen LogP contribution < -0.4 is 16.6 Å². The van der Waals surface area contributed by atoms with E-state index in [1.165, 1.54) is 17.3 Å². The molecule has 4 N–H and O–H groups in total. The summed E-state index contributed by atoms with van der Waals surface area (Å²) >= 11 is 0. The smallest absolute Gasteiger partial charge is 0.340 e. The third kappa shape index (κ3) is 2.44. The lowest BCUT2D eigenvalue weighted by molar-refractivity contribution is -0.151. The van der Waals surface area contributed by atoms with Crippen LogP contribution in [0.15, 0.2) is 12.7 Å². The predicted octanol–water partition coefficient (Wildman–Crippen LogP) is 0.245. The normalized spacial score (nSPS) is 16.6. The average molecular weight is 301 g/mol. The number of hydrogen-bond acceptors (Lipinski definition) is 8. The molecule has 0 spiro atoms. The number of anilines is 2. The van der Waals surface area contributed by atoms with Gasteiger partial charge in [-0.2, -0.15) is 37.9 Å². The maximum atomic E-state index is 12.9. The molecular weight excluding hydrogens is 291 g/mol. The number of nitrogens with zero attached hydrogens (tertiary/aromatic N) is 6. The summed E-state index contributed by atoms with van der Waals surface area (Å²) in [6.07, 6.45) is -1.91. The van der Waals surface area contributed by atoms with Crippen molar-refractivity contribution in [3.8, 4) is 5.95 Å². The Labute approximate surface area is 115 Å². The Hall–Kier alpha value is -2.50. The zero-order valence-corrected chi connectivity index (χ0v) is 10.5. The Bertz CT molecular complexity index is 634. The minimum Gasteiger partial charge on any atom is -0.340 e. The number of aromatic nitrogens is 6. The molecule has 1 aliphatic carbocycles. The van der Waals surface area contributed by atoms with Crippen LogP contribution in [-0.2, 0) is 0 Å². The van der Waals surface area contributed by atoms with Gasteiger partial charge < -0.3 is 5.32 Å². The Morgan fingerprint density at radius 1 is 1.19 bits per heavy atom. The molecule has 2 aromatic heterocycles. The van der Waals surface area contributed by atoms with Gasteiger partial charge in [-0.15, -0.1) is 0 Å². The van der Waals surface area contributed by atoms with E-state index in [0.717, 1.165) is 0 Å². The molecule has 3 rings (SSSR count). The fourth-order valence-corrected chi connectivity index (χ4v) is 1.72. The number of rotatable bonds is 4. The van der Waals surface area contributed by atoms with E-state index in [1.807, 2.05) is 0 Å². The summed E-state index contributed by atoms with van der Waals surface area (Å²) < 4.78 is 40.0. The molecule has 112 valence electrons. The fraction of sp³-hybridized carbons (Fsp3) is 0.444. The number of nitrogens with one attached hydrogen (secondary N) is 2. The van der Waals surface area contributed by atoms with E-state index in [2.05, 4.69) is 35.8 Å². The molecule has 1 saturated carbocycles. The van der Waals surface area contributed by atoms with E-state index in [1.54, 1.807) is 0 Å². The van der Waals surface area contributed by atoms with E-state index in [-0.39, 0.29) is 30.7 Å². The van der Waals surface area contributed by atoms with Crippen molar-refractivity contribution in [3.63, 3.8) is 0 Å². The van der Waals surface area contributed by atoms with Crippen molar-refractivity contribution in [1.29, 1.82) is 0 Å². The molecule has 12 heteroatoms. The molecule has 2 heterocycles. The average Bonchev–Trinajstić information content (AvgIpc) is 3.03. The molecule has 0 amide bonds. The van der Waals surface area contributed by atoms with Crippen LogP contribution in [-0.4, -0.2) is 41.4 Å². The van der Waals surface area contributed by atoms with Gasteiger partial charge in [-0.1, -0.05) is 0 Å². The Kier molecular flexibility index (Phi) is 2.90. The van der Waals surface area contributed by atoms with Gasteiger partial charge in [0, 0.05) is 0 Å². The molecule has 0 atom stereocenters. The van der Waals surface area contributed by atoms with Gasteiger partial charge in [0.05, 0.1) is 0 Å². The molecule has 21 heavy (non-hydrogen) atoms. The van der Waals surface area contributed by atoms with Crippen molar-refractivity contribution in [2.75, 3.05) is 10.7 Å². The first-order chi connectivity index (χ1) is 9.93. The van der Waals surface area contributed by atoms with Crippen molar-refractivity contribution in [2.24, 2.45) is 5.84 Å². The molecule has 0 unspecified atom stereocenters. The summed E-state index contributed by atoms with van der Waals surface area (Å²) in [5.74, 6) is 4.88. The molecule has 2 aromatic rings. The van der Waals surface area contributed by atoms with Gasteiger partial charge in [-0.3, -0.25) is 5.43 Å². The third-order valence-corrected chi connectivity index (χ3v) is 3.02. The van der Waals surface area contributed by atoms with Crippen molar-refractivity contribution in [3.05, 3.63) is 12.7 Å². The molecule has 9 nitrogen and oxygen atoms in total. The van der Waals surface area contributed by atoms with Crippen LogP contribution in [0.3, 0.4) is 0 Å². The van der Waals surface area contributed by atoms with Crippen LogP contribution in [0.2, 0.25) is 0 Å². The van der Waals surface area contributed by atoms with Crippen molar-refractivity contribution in [1.82, 2.24) is 29.7 Å². The standard InChI is InChI=1S/C9H10F3N9/c10-9(11,12)8(1-2-8)19-5-16-6(20-13)18-7(17-5)21-4-14-3-15-21/h3-4H,1-2,13H2,(H2,16,17,18,19,20). The second kappa shape index (κ2) is 4.51. The second-order valence-electron chi connectivity index (χ2n) is 4.47. The maximum absolute atomic E-state index is 12.9. The first-order valence-corrected chi connectivity index (χ1v) is 5.86. The molecule has 0 aromatic carbocycles. The van der Waals surface area contributed by atoms with Gasteiger partial charge in [-0.25, -0.2) is 10.8 Å². The lowest BCUT2D eigenvalue weighted by Gasteiger charge is -2.20. The Balaban J connectivity index is 1.94. The first-order valence-electron chi connectivity index (χ1n) is 5.86. The van der Waals surface area contributed by atoms with Gasteiger partial charge >= 0.3 is 6.18 Å². The van der Waals surface area contributed by atoms with Gasteiger partial charge in [0.2, 0.25) is 11.9 Å². The highest BCUT2D eigenvalue weighted by atomic mass is 19.4. The van der Waals surface area contributed by atoms with Crippen LogP contribution in [0.1, 0.15) is 12.8 Å². The summed E-state index contributed by atoms with van der Waals surface area (Å²) in [6.45, 7) is 0. The summed E-state index contributed by atoms with van der Waals surface area (Å²) in [6, 6.07) is 0. The number of nitrogens with two attached hydrogens (primary N) is 1. The molecule has 0 aliphatic heterocycles. The van der Waals surface area contributed by atoms with Crippen molar-refractivity contribution >= 4 is 11.9 Å². The summed E-state index contributed by atoms with van der Waals surface area (Å²) in [7, 11) is 0. The van der Waals surface area contributed by atoms with Crippen molar-refractivity contribution < 1.29 is 13.2 Å². The molecule has 0 saturated heterocycles. The quantitative estimate of drug-likeness (QED) is 0.543. The third-order valence-electron chi connectivity index (χ3n) is 3.02. The van der Waals surface area contributed by atoms with Crippen LogP contribution in [0, 0.1) is 0 Å². The number of hydrogen-bond donors (Lipinski definition) is 3. The molecule has 0 bridgehead atoms. The minimum atomic E-state index is -4.39. The van der Waals surface area contributed by atoms with Gasteiger partial charge in [0.25, 0.3) is 5.95 Å². The summed E-state index contributed by atoms with van der Waals surface area (Å²) in [5, 5.41) is 6.10. The van der Waals surface area contributed by atoms with Crippen molar-refractivity contribution in [2.45, 2.75) is 24.6 Å². The predicted molar refractivity (Wildman–Crippen MR) is 64.2 cm³/mol. The number of halogens is 3. The van der Waals surface area contributed by atoms with Crippen LogP contribution in [0.25, 0.3) is 5.95 Å². The highest BCUT2D eigenvalue weighted by Crippen LogP contribution is 2.50. The van der Waals surface area contributed by atoms with Crippen LogP contribution in [0.4, 0.5) is 25.1 Å². The minimum absolute atomic E-state index is 0.00377. The van der Waals surface area contributed by atoms with E-state index >= 15 is 0 Å². The van der Waals surface area contributed by atoms with Crippen LogP contribution in [0.5, 0.6) is 0 Å². The zero-order chi connectivity index (χ0) is 15.1. The number of hydrazine groups is 1. The summed E-state index contributed by atoms with van der Waals surface area (Å²) in [4.78, 5) is 15.3. The zero-order valence-electron chi connectivity index (χ0n) is 10.5.